The highest BCUT2D eigenvalue weighted by molar-refractivity contribution is 5.69. The highest BCUT2D eigenvalue weighted by Crippen LogP contribution is 2.32. The molecule has 90 valence electrons. The summed E-state index contributed by atoms with van der Waals surface area (Å²) in [7, 11) is 3.24. The van der Waals surface area contributed by atoms with Crippen molar-refractivity contribution in [3.63, 3.8) is 0 Å². The van der Waals surface area contributed by atoms with Gasteiger partial charge in [0.25, 0.3) is 0 Å². The molecule has 1 aromatic carbocycles. The fourth-order valence-corrected chi connectivity index (χ4v) is 1.65. The van der Waals surface area contributed by atoms with Crippen molar-refractivity contribution in [2.75, 3.05) is 20.0 Å². The molecule has 4 heteroatoms. The van der Waals surface area contributed by atoms with Crippen molar-refractivity contribution in [2.24, 2.45) is 0 Å². The van der Waals surface area contributed by atoms with E-state index in [4.69, 9.17) is 19.6 Å². The van der Waals surface area contributed by atoms with E-state index in [-0.39, 0.29) is 0 Å². The van der Waals surface area contributed by atoms with Gasteiger partial charge in [-0.1, -0.05) is 0 Å². The Morgan fingerprint density at radius 3 is 2.71 bits per heavy atom. The van der Waals surface area contributed by atoms with Gasteiger partial charge >= 0.3 is 0 Å². The molecule has 2 N–H and O–H groups in total. The largest absolute Gasteiger partial charge is 0.496 e. The SMILES string of the molecule is COCc1ccc(-c2ccc(N)cc2OC)o1. The Labute approximate surface area is 99.9 Å². The Kier molecular flexibility index (Phi) is 3.35. The quantitative estimate of drug-likeness (QED) is 0.825. The van der Waals surface area contributed by atoms with E-state index in [1.165, 1.54) is 0 Å². The van der Waals surface area contributed by atoms with Crippen LogP contribution in [0.5, 0.6) is 5.75 Å². The van der Waals surface area contributed by atoms with Gasteiger partial charge in [-0.3, -0.25) is 0 Å². The van der Waals surface area contributed by atoms with Crippen LogP contribution in [0.3, 0.4) is 0 Å². The normalized spacial score (nSPS) is 10.5. The van der Waals surface area contributed by atoms with E-state index in [1.807, 2.05) is 24.3 Å². The summed E-state index contributed by atoms with van der Waals surface area (Å²) in [6, 6.07) is 9.24. The molecular formula is C13H15NO3. The van der Waals surface area contributed by atoms with Crippen molar-refractivity contribution >= 4 is 5.69 Å². The molecule has 1 heterocycles. The summed E-state index contributed by atoms with van der Waals surface area (Å²) >= 11 is 0. The molecular weight excluding hydrogens is 218 g/mol. The Hall–Kier alpha value is -1.94. The maximum Gasteiger partial charge on any atom is 0.138 e. The van der Waals surface area contributed by atoms with Gasteiger partial charge in [0.15, 0.2) is 0 Å². The van der Waals surface area contributed by atoms with Gasteiger partial charge in [0.1, 0.15) is 23.9 Å². The number of nitrogen functional groups attached to an aromatic ring is 1. The van der Waals surface area contributed by atoms with Crippen LogP contribution < -0.4 is 10.5 Å². The Morgan fingerprint density at radius 2 is 2.00 bits per heavy atom. The van der Waals surface area contributed by atoms with E-state index in [1.54, 1.807) is 20.3 Å². The molecule has 4 nitrogen and oxygen atoms in total. The molecule has 1 aromatic heterocycles. The van der Waals surface area contributed by atoms with Crippen molar-refractivity contribution in [3.8, 4) is 17.1 Å². The van der Waals surface area contributed by atoms with Crippen molar-refractivity contribution in [1.29, 1.82) is 0 Å². The fraction of sp³-hybridized carbons (Fsp3) is 0.231. The number of anilines is 1. The second-order valence-corrected chi connectivity index (χ2v) is 3.66. The molecule has 0 amide bonds. The maximum atomic E-state index is 5.70. The molecule has 0 bridgehead atoms. The van der Waals surface area contributed by atoms with Crippen LogP contribution in [0, 0.1) is 0 Å². The summed E-state index contributed by atoms with van der Waals surface area (Å²) in [6.45, 7) is 0.456. The predicted octanol–water partition coefficient (Wildman–Crippen LogP) is 2.68. The third-order valence-electron chi connectivity index (χ3n) is 2.44. The van der Waals surface area contributed by atoms with Gasteiger partial charge in [-0.05, 0) is 24.3 Å². The Morgan fingerprint density at radius 1 is 1.18 bits per heavy atom. The van der Waals surface area contributed by atoms with Crippen LogP contribution in [0.25, 0.3) is 11.3 Å². The summed E-state index contributed by atoms with van der Waals surface area (Å²) in [5, 5.41) is 0. The molecule has 0 saturated carbocycles. The second kappa shape index (κ2) is 4.93. The lowest BCUT2D eigenvalue weighted by Gasteiger charge is -2.06. The van der Waals surface area contributed by atoms with Crippen LogP contribution in [0.15, 0.2) is 34.7 Å². The highest BCUT2D eigenvalue weighted by Gasteiger charge is 2.10. The molecule has 0 aliphatic rings. The first kappa shape index (κ1) is 11.5. The predicted molar refractivity (Wildman–Crippen MR) is 65.8 cm³/mol. The van der Waals surface area contributed by atoms with E-state index < -0.39 is 0 Å². The standard InChI is InChI=1S/C13H15NO3/c1-15-8-10-4-6-12(17-10)11-5-3-9(14)7-13(11)16-2/h3-7H,8,14H2,1-2H3. The van der Waals surface area contributed by atoms with Crippen LogP contribution in [-0.2, 0) is 11.3 Å². The van der Waals surface area contributed by atoms with E-state index >= 15 is 0 Å². The van der Waals surface area contributed by atoms with Gasteiger partial charge in [-0.2, -0.15) is 0 Å². The van der Waals surface area contributed by atoms with Gasteiger partial charge in [-0.15, -0.1) is 0 Å². The molecule has 2 rings (SSSR count). The van der Waals surface area contributed by atoms with Gasteiger partial charge in [0.2, 0.25) is 0 Å². The smallest absolute Gasteiger partial charge is 0.138 e. The van der Waals surface area contributed by atoms with Crippen LogP contribution in [0.2, 0.25) is 0 Å². The maximum absolute atomic E-state index is 5.70. The number of furan rings is 1. The minimum absolute atomic E-state index is 0.456. The molecule has 0 aliphatic carbocycles. The lowest BCUT2D eigenvalue weighted by atomic mass is 10.1. The molecule has 0 spiro atoms. The zero-order chi connectivity index (χ0) is 12.3. The van der Waals surface area contributed by atoms with E-state index in [9.17, 15) is 0 Å². The van der Waals surface area contributed by atoms with Crippen molar-refractivity contribution < 1.29 is 13.9 Å². The lowest BCUT2D eigenvalue weighted by Crippen LogP contribution is -1.90. The summed E-state index contributed by atoms with van der Waals surface area (Å²) < 4.78 is 15.9. The summed E-state index contributed by atoms with van der Waals surface area (Å²) in [6.07, 6.45) is 0. The monoisotopic (exact) mass is 233 g/mol. The number of benzene rings is 1. The molecule has 0 fully saturated rings. The fourth-order valence-electron chi connectivity index (χ4n) is 1.65. The molecule has 0 unspecified atom stereocenters. The number of methoxy groups -OCH3 is 2. The second-order valence-electron chi connectivity index (χ2n) is 3.66. The van der Waals surface area contributed by atoms with Crippen molar-refractivity contribution in [1.82, 2.24) is 0 Å². The van der Waals surface area contributed by atoms with Crippen molar-refractivity contribution in [2.45, 2.75) is 6.61 Å². The number of ether oxygens (including phenoxy) is 2. The average Bonchev–Trinajstić information content (AvgIpc) is 2.78. The number of hydrogen-bond donors (Lipinski definition) is 1. The van der Waals surface area contributed by atoms with E-state index in [2.05, 4.69) is 0 Å². The topological polar surface area (TPSA) is 57.6 Å². The Bertz CT molecular complexity index is 505. The molecule has 17 heavy (non-hydrogen) atoms. The summed E-state index contributed by atoms with van der Waals surface area (Å²) in [5.74, 6) is 2.22. The number of hydrogen-bond acceptors (Lipinski definition) is 4. The average molecular weight is 233 g/mol. The van der Waals surface area contributed by atoms with Crippen LogP contribution >= 0.6 is 0 Å². The minimum atomic E-state index is 0.456. The molecule has 2 aromatic rings. The zero-order valence-electron chi connectivity index (χ0n) is 9.90. The summed E-state index contributed by atoms with van der Waals surface area (Å²) in [4.78, 5) is 0. The summed E-state index contributed by atoms with van der Waals surface area (Å²) in [5.41, 5.74) is 7.24. The van der Waals surface area contributed by atoms with Gasteiger partial charge in [0.05, 0.1) is 12.7 Å². The van der Waals surface area contributed by atoms with E-state index in [0.717, 1.165) is 17.1 Å². The van der Waals surface area contributed by atoms with Crippen LogP contribution in [-0.4, -0.2) is 14.2 Å². The minimum Gasteiger partial charge on any atom is -0.496 e. The van der Waals surface area contributed by atoms with E-state index in [0.29, 0.717) is 18.0 Å². The lowest BCUT2D eigenvalue weighted by molar-refractivity contribution is 0.165. The van der Waals surface area contributed by atoms with Gasteiger partial charge < -0.3 is 19.6 Å². The van der Waals surface area contributed by atoms with Crippen molar-refractivity contribution in [3.05, 3.63) is 36.1 Å². The third-order valence-corrected chi connectivity index (χ3v) is 2.44. The number of nitrogens with two attached hydrogens (primary N) is 1. The molecule has 0 atom stereocenters. The van der Waals surface area contributed by atoms with Gasteiger partial charge in [-0.25, -0.2) is 0 Å². The van der Waals surface area contributed by atoms with Crippen LogP contribution in [0.4, 0.5) is 5.69 Å². The van der Waals surface area contributed by atoms with Gasteiger partial charge in [0, 0.05) is 18.9 Å². The highest BCUT2D eigenvalue weighted by atomic mass is 16.5. The first-order valence-electron chi connectivity index (χ1n) is 5.26. The van der Waals surface area contributed by atoms with Crippen LogP contribution in [0.1, 0.15) is 5.76 Å². The first-order chi connectivity index (χ1) is 8.24. The third kappa shape index (κ3) is 2.42. The molecule has 0 aliphatic heterocycles. The first-order valence-corrected chi connectivity index (χ1v) is 5.26. The zero-order valence-corrected chi connectivity index (χ0v) is 9.90. The molecule has 0 saturated heterocycles. The number of rotatable bonds is 4. The molecule has 0 radical (unpaired) electrons. The Balaban J connectivity index is 2.37.